The second-order valence-electron chi connectivity index (χ2n) is 6.07. The lowest BCUT2D eigenvalue weighted by atomic mass is 10.1. The largest absolute Gasteiger partial charge is 0.353 e. The molecule has 2 aromatic carbocycles. The first-order valence-corrected chi connectivity index (χ1v) is 8.27. The van der Waals surface area contributed by atoms with E-state index < -0.39 is 10.8 Å². The van der Waals surface area contributed by atoms with E-state index in [1.54, 1.807) is 12.1 Å². The van der Waals surface area contributed by atoms with Crippen molar-refractivity contribution in [3.63, 3.8) is 0 Å². The molecule has 2 aromatic rings. The van der Waals surface area contributed by atoms with Crippen LogP contribution in [-0.2, 0) is 4.79 Å². The molecule has 0 fully saturated rings. The maximum Gasteiger partial charge on any atom is 0.238 e. The minimum Gasteiger partial charge on any atom is -0.353 e. The second kappa shape index (κ2) is 9.06. The summed E-state index contributed by atoms with van der Waals surface area (Å²) < 4.78 is 13.1. The summed E-state index contributed by atoms with van der Waals surface area (Å²) in [6.07, 6.45) is 0. The van der Waals surface area contributed by atoms with Crippen molar-refractivity contribution in [2.75, 3.05) is 6.54 Å². The minimum atomic E-state index is -0.475. The molecule has 0 aliphatic heterocycles. The zero-order chi connectivity index (χ0) is 16.9. The molecule has 1 unspecified atom stereocenters. The summed E-state index contributed by atoms with van der Waals surface area (Å²) in [5.74, 6) is -0.399. The average molecular weight is 369 g/mol. The number of carbonyl (C=O) groups is 1. The lowest BCUT2D eigenvalue weighted by Crippen LogP contribution is -2.46. The Bertz CT molecular complexity index is 644. The second-order valence-corrected chi connectivity index (χ2v) is 7.25. The third kappa shape index (κ3) is 6.51. The van der Waals surface area contributed by atoms with Gasteiger partial charge in [-0.2, -0.15) is 0 Å². The van der Waals surface area contributed by atoms with Crippen LogP contribution in [0, 0.1) is 5.82 Å². The van der Waals surface area contributed by atoms with Crippen LogP contribution in [0.25, 0.3) is 0 Å². The summed E-state index contributed by atoms with van der Waals surface area (Å²) in [6.45, 7) is 4.11. The molecular weight excluding hydrogens is 347 g/mol. The van der Waals surface area contributed by atoms with Crippen molar-refractivity contribution in [1.82, 2.24) is 5.32 Å². The summed E-state index contributed by atoms with van der Waals surface area (Å²) in [5, 5.41) is 2.48. The predicted octanol–water partition coefficient (Wildman–Crippen LogP) is 3.93. The van der Waals surface area contributed by atoms with Gasteiger partial charge in [-0.15, -0.1) is 24.2 Å². The molecule has 3 N–H and O–H groups in total. The molecule has 0 radical (unpaired) electrons. The van der Waals surface area contributed by atoms with Gasteiger partial charge in [0.05, 0.1) is 0 Å². The molecule has 0 saturated heterocycles. The molecule has 0 saturated carbocycles. The van der Waals surface area contributed by atoms with Gasteiger partial charge in [-0.3, -0.25) is 4.79 Å². The third-order valence-corrected chi connectivity index (χ3v) is 4.39. The number of amides is 1. The number of carbonyl (C=O) groups excluding carboxylic acids is 1. The van der Waals surface area contributed by atoms with Crippen LogP contribution in [0.5, 0.6) is 0 Å². The predicted molar refractivity (Wildman–Crippen MR) is 100.0 cm³/mol. The van der Waals surface area contributed by atoms with Crippen LogP contribution < -0.4 is 11.1 Å². The van der Waals surface area contributed by atoms with Gasteiger partial charge in [0.15, 0.2) is 0 Å². The first kappa shape index (κ1) is 20.5. The summed E-state index contributed by atoms with van der Waals surface area (Å²) >= 11 is 1.39. The van der Waals surface area contributed by atoms with Crippen molar-refractivity contribution in [1.29, 1.82) is 0 Å². The number of nitrogens with one attached hydrogen (secondary N) is 1. The van der Waals surface area contributed by atoms with Crippen molar-refractivity contribution >= 4 is 30.1 Å². The first-order valence-electron chi connectivity index (χ1n) is 7.39. The van der Waals surface area contributed by atoms with E-state index >= 15 is 0 Å². The number of hydrogen-bond donors (Lipinski definition) is 2. The molecule has 2 rings (SSSR count). The van der Waals surface area contributed by atoms with Crippen molar-refractivity contribution in [2.24, 2.45) is 5.73 Å². The lowest BCUT2D eigenvalue weighted by molar-refractivity contribution is -0.120. The van der Waals surface area contributed by atoms with E-state index in [-0.39, 0.29) is 24.1 Å². The number of rotatable bonds is 6. The van der Waals surface area contributed by atoms with E-state index in [1.165, 1.54) is 23.9 Å². The van der Waals surface area contributed by atoms with Gasteiger partial charge in [-0.05, 0) is 43.7 Å². The molecule has 0 aliphatic carbocycles. The van der Waals surface area contributed by atoms with Crippen molar-refractivity contribution in [3.05, 3.63) is 66.0 Å². The Hall–Kier alpha value is -1.56. The smallest absolute Gasteiger partial charge is 0.238 e. The monoisotopic (exact) mass is 368 g/mol. The maximum atomic E-state index is 13.1. The molecule has 1 amide bonds. The summed E-state index contributed by atoms with van der Waals surface area (Å²) in [5.41, 5.74) is 6.35. The van der Waals surface area contributed by atoms with Crippen LogP contribution in [0.2, 0.25) is 0 Å². The van der Waals surface area contributed by atoms with Gasteiger partial charge in [0.2, 0.25) is 5.91 Å². The fourth-order valence-corrected chi connectivity index (χ4v) is 3.01. The topological polar surface area (TPSA) is 55.1 Å². The summed E-state index contributed by atoms with van der Waals surface area (Å²) in [6, 6.07) is 15.7. The molecule has 0 aromatic heterocycles. The van der Waals surface area contributed by atoms with Gasteiger partial charge < -0.3 is 11.1 Å². The average Bonchev–Trinajstić information content (AvgIpc) is 2.52. The van der Waals surface area contributed by atoms with E-state index in [9.17, 15) is 9.18 Å². The number of hydrogen-bond acceptors (Lipinski definition) is 3. The summed E-state index contributed by atoms with van der Waals surface area (Å²) in [4.78, 5) is 13.4. The first-order chi connectivity index (χ1) is 10.8. The van der Waals surface area contributed by atoms with E-state index in [2.05, 4.69) is 5.32 Å². The van der Waals surface area contributed by atoms with Crippen molar-refractivity contribution in [2.45, 2.75) is 29.5 Å². The standard InChI is InChI=1S/C18H21FN2OS.ClH/c1-18(2,20)12-21-17(22)16(13-6-4-3-5-7-13)23-15-10-8-14(19)9-11-15;/h3-11,16H,12,20H2,1-2H3,(H,21,22);1H. The van der Waals surface area contributed by atoms with E-state index in [0.29, 0.717) is 6.54 Å². The van der Waals surface area contributed by atoms with Crippen molar-refractivity contribution in [3.8, 4) is 0 Å². The fraction of sp³-hybridized carbons (Fsp3) is 0.278. The number of benzene rings is 2. The van der Waals surface area contributed by atoms with Gasteiger partial charge in [-0.25, -0.2) is 4.39 Å². The van der Waals surface area contributed by atoms with Crippen LogP contribution in [0.3, 0.4) is 0 Å². The van der Waals surface area contributed by atoms with Crippen LogP contribution in [0.4, 0.5) is 4.39 Å². The normalized spacial score (nSPS) is 12.2. The SMILES string of the molecule is CC(C)(N)CNC(=O)C(Sc1ccc(F)cc1)c1ccccc1.Cl. The number of nitrogens with two attached hydrogens (primary N) is 1. The van der Waals surface area contributed by atoms with Crippen LogP contribution in [-0.4, -0.2) is 18.0 Å². The van der Waals surface area contributed by atoms with E-state index in [1.807, 2.05) is 44.2 Å². The van der Waals surface area contributed by atoms with Crippen LogP contribution >= 0.6 is 24.2 Å². The Balaban J connectivity index is 0.00000288. The lowest BCUT2D eigenvalue weighted by Gasteiger charge is -2.22. The highest BCUT2D eigenvalue weighted by Gasteiger charge is 2.23. The molecule has 130 valence electrons. The molecule has 3 nitrogen and oxygen atoms in total. The number of halogens is 2. The molecule has 0 bridgehead atoms. The van der Waals surface area contributed by atoms with Crippen LogP contribution in [0.1, 0.15) is 24.7 Å². The summed E-state index contributed by atoms with van der Waals surface area (Å²) in [7, 11) is 0. The van der Waals surface area contributed by atoms with Gasteiger partial charge in [0, 0.05) is 17.0 Å². The quantitative estimate of drug-likeness (QED) is 0.759. The Morgan fingerprint density at radius 1 is 1.17 bits per heavy atom. The third-order valence-electron chi connectivity index (χ3n) is 3.13. The molecule has 0 aliphatic rings. The van der Waals surface area contributed by atoms with Crippen LogP contribution in [0.15, 0.2) is 59.5 Å². The number of thioether (sulfide) groups is 1. The Morgan fingerprint density at radius 3 is 2.29 bits per heavy atom. The molecule has 6 heteroatoms. The molecule has 24 heavy (non-hydrogen) atoms. The Labute approximate surface area is 152 Å². The van der Waals surface area contributed by atoms with Crippen molar-refractivity contribution < 1.29 is 9.18 Å². The highest BCUT2D eigenvalue weighted by molar-refractivity contribution is 8.00. The Kier molecular flexibility index (Phi) is 7.73. The molecular formula is C18H22ClFN2OS. The van der Waals surface area contributed by atoms with Gasteiger partial charge in [-0.1, -0.05) is 30.3 Å². The highest BCUT2D eigenvalue weighted by atomic mass is 35.5. The molecule has 0 heterocycles. The van der Waals surface area contributed by atoms with Gasteiger partial charge in [0.25, 0.3) is 0 Å². The maximum absolute atomic E-state index is 13.1. The van der Waals surface area contributed by atoms with Gasteiger partial charge in [0.1, 0.15) is 11.1 Å². The Morgan fingerprint density at radius 2 is 1.75 bits per heavy atom. The zero-order valence-corrected chi connectivity index (χ0v) is 15.3. The van der Waals surface area contributed by atoms with Gasteiger partial charge >= 0.3 is 0 Å². The highest BCUT2D eigenvalue weighted by Crippen LogP contribution is 2.35. The van der Waals surface area contributed by atoms with E-state index in [4.69, 9.17) is 5.73 Å². The zero-order valence-electron chi connectivity index (χ0n) is 13.7. The fourth-order valence-electron chi connectivity index (χ4n) is 1.96. The van der Waals surface area contributed by atoms with E-state index in [0.717, 1.165) is 10.5 Å². The molecule has 0 spiro atoms. The minimum absolute atomic E-state index is 0. The molecule has 1 atom stereocenters.